The normalized spacial score (nSPS) is 26.1. The smallest absolute Gasteiger partial charge is 0.296 e. The van der Waals surface area contributed by atoms with Crippen LogP contribution in [0.5, 0.6) is 6.01 Å². The van der Waals surface area contributed by atoms with Crippen LogP contribution < -0.4 is 10.1 Å². The number of aliphatic hydroxyl groups excluding tert-OH is 1. The molecule has 3 N–H and O–H groups in total. The van der Waals surface area contributed by atoms with E-state index in [0.717, 1.165) is 5.56 Å². The molecule has 1 aromatic carbocycles. The fraction of sp³-hybridized carbons (Fsp3) is 0.368. The second-order valence-electron chi connectivity index (χ2n) is 8.17. The Bertz CT molecular complexity index is 1070. The van der Waals surface area contributed by atoms with Crippen molar-refractivity contribution >= 4 is 44.3 Å². The van der Waals surface area contributed by atoms with Gasteiger partial charge in [0.15, 0.2) is 11.8 Å². The van der Waals surface area contributed by atoms with Crippen molar-refractivity contribution in [3.63, 3.8) is 0 Å². The molecule has 5 rings (SSSR count). The number of anilines is 1. The molecule has 2 aliphatic heterocycles. The number of hydrogen-bond acceptors (Lipinski definition) is 7. The molecule has 154 valence electrons. The molecular weight excluding hydrogens is 405 g/mol. The van der Waals surface area contributed by atoms with E-state index < -0.39 is 6.10 Å². The number of pyridine rings is 1. The highest BCUT2D eigenvalue weighted by Crippen LogP contribution is 2.31. The van der Waals surface area contributed by atoms with E-state index in [1.54, 1.807) is 6.07 Å². The lowest BCUT2D eigenvalue weighted by Crippen LogP contribution is -2.36. The van der Waals surface area contributed by atoms with Crippen molar-refractivity contribution in [1.29, 1.82) is 0 Å². The topological polar surface area (TPSA) is 102 Å². The lowest BCUT2D eigenvalue weighted by molar-refractivity contribution is 0.00706. The van der Waals surface area contributed by atoms with Gasteiger partial charge in [0.1, 0.15) is 39.8 Å². The monoisotopic (exact) mass is 426 g/mol. The van der Waals surface area contributed by atoms with Crippen LogP contribution in [0.1, 0.15) is 5.56 Å². The maximum Gasteiger partial charge on any atom is 0.296 e. The maximum atomic E-state index is 9.87. The Balaban J connectivity index is 1.37. The van der Waals surface area contributed by atoms with Gasteiger partial charge in [0.25, 0.3) is 6.01 Å². The lowest BCUT2D eigenvalue weighted by Gasteiger charge is -2.28. The van der Waals surface area contributed by atoms with Gasteiger partial charge in [0.05, 0.1) is 23.8 Å². The number of nitrogens with zero attached hydrogens (tertiary/aromatic N) is 2. The molecule has 4 atom stereocenters. The number of rotatable bonds is 5. The second kappa shape index (κ2) is 7.46. The van der Waals surface area contributed by atoms with Crippen LogP contribution in [-0.4, -0.2) is 73.4 Å². The molecule has 0 bridgehead atoms. The minimum atomic E-state index is -0.624. The number of aliphatic hydroxyl groups is 1. The van der Waals surface area contributed by atoms with Gasteiger partial charge in [-0.1, -0.05) is 41.9 Å². The molecule has 0 saturated carbocycles. The van der Waals surface area contributed by atoms with Gasteiger partial charge in [-0.3, -0.25) is 0 Å². The third-order valence-electron chi connectivity index (χ3n) is 5.58. The number of aromatic amines is 1. The molecule has 2 saturated heterocycles. The summed E-state index contributed by atoms with van der Waals surface area (Å²) in [5.74, 6) is 0.544. The largest absolute Gasteiger partial charge is 0.456 e. The van der Waals surface area contributed by atoms with Crippen molar-refractivity contribution in [2.24, 2.45) is 0 Å². The number of ether oxygens (including phenoxy) is 3. The van der Waals surface area contributed by atoms with E-state index in [1.807, 2.05) is 18.2 Å². The lowest BCUT2D eigenvalue weighted by atomic mass is 9.58. The molecule has 2 aromatic heterocycles. The zero-order chi connectivity index (χ0) is 20.9. The summed E-state index contributed by atoms with van der Waals surface area (Å²) >= 11 is 6.48. The predicted octanol–water partition coefficient (Wildman–Crippen LogP) is 0.00580. The van der Waals surface area contributed by atoms with Gasteiger partial charge in [-0.2, -0.15) is 4.98 Å². The molecular formula is C19H21B2ClN4O4. The van der Waals surface area contributed by atoms with Gasteiger partial charge in [-0.25, -0.2) is 4.98 Å². The quantitative estimate of drug-likeness (QED) is 0.494. The molecule has 4 heterocycles. The third kappa shape index (κ3) is 3.54. The standard InChI is InChI=1S/C19H21B2ClN4O4/c20-19(21,9-4-2-1-3-5-9)26-16-10(22)6-11-17(24-16)25-18(23-11)30-13-8-29-14-12(27)7-28-15(13)14/h1-6,12-15,27H,7-8,20-21H2,(H2,23,24,25,26)/t12-,13-,14-,15-/m1/s1. The third-order valence-corrected chi connectivity index (χ3v) is 5.86. The van der Waals surface area contributed by atoms with Crippen molar-refractivity contribution in [3.8, 4) is 6.01 Å². The van der Waals surface area contributed by atoms with Gasteiger partial charge < -0.3 is 29.6 Å². The summed E-state index contributed by atoms with van der Waals surface area (Å²) in [5.41, 5.74) is 2.27. The summed E-state index contributed by atoms with van der Waals surface area (Å²) in [6.07, 6.45) is -1.64. The number of hydrogen-bond donors (Lipinski definition) is 3. The number of aromatic nitrogens is 3. The van der Waals surface area contributed by atoms with E-state index >= 15 is 0 Å². The van der Waals surface area contributed by atoms with Crippen molar-refractivity contribution in [1.82, 2.24) is 15.0 Å². The molecule has 2 fully saturated rings. The first-order valence-electron chi connectivity index (χ1n) is 9.88. The fourth-order valence-corrected chi connectivity index (χ4v) is 4.15. The van der Waals surface area contributed by atoms with Gasteiger partial charge in [-0.15, -0.1) is 0 Å². The van der Waals surface area contributed by atoms with Crippen LogP contribution in [0.3, 0.4) is 0 Å². The van der Waals surface area contributed by atoms with Gasteiger partial charge >= 0.3 is 0 Å². The highest BCUT2D eigenvalue weighted by molar-refractivity contribution is 6.42. The average Bonchev–Trinajstić information content (AvgIpc) is 3.40. The summed E-state index contributed by atoms with van der Waals surface area (Å²) in [6, 6.07) is 12.2. The van der Waals surface area contributed by atoms with Crippen LogP contribution in [0.15, 0.2) is 36.4 Å². The molecule has 2 aliphatic rings. The number of imidazole rings is 1. The van der Waals surface area contributed by atoms with Crippen LogP contribution in [0.2, 0.25) is 5.02 Å². The molecule has 0 unspecified atom stereocenters. The van der Waals surface area contributed by atoms with E-state index in [9.17, 15) is 5.11 Å². The van der Waals surface area contributed by atoms with Crippen LogP contribution in [0.25, 0.3) is 11.2 Å². The summed E-state index contributed by atoms with van der Waals surface area (Å²) in [4.78, 5) is 12.1. The Morgan fingerprint density at radius 1 is 1.17 bits per heavy atom. The average molecular weight is 426 g/mol. The number of fused-ring (bicyclic) bond motifs is 2. The Kier molecular flexibility index (Phi) is 4.89. The van der Waals surface area contributed by atoms with Gasteiger partial charge in [0, 0.05) is 5.34 Å². The van der Waals surface area contributed by atoms with E-state index in [2.05, 4.69) is 48.1 Å². The number of nitrogens with one attached hydrogen (secondary N) is 2. The maximum absolute atomic E-state index is 9.87. The minimum Gasteiger partial charge on any atom is -0.456 e. The van der Waals surface area contributed by atoms with Crippen molar-refractivity contribution in [2.45, 2.75) is 29.8 Å². The van der Waals surface area contributed by atoms with Crippen LogP contribution in [-0.2, 0) is 14.8 Å². The minimum absolute atomic E-state index is 0.249. The number of H-pyrrole nitrogens is 1. The molecule has 0 aliphatic carbocycles. The predicted molar refractivity (Wildman–Crippen MR) is 118 cm³/mol. The first-order chi connectivity index (χ1) is 14.4. The molecule has 0 spiro atoms. The zero-order valence-corrected chi connectivity index (χ0v) is 17.4. The van der Waals surface area contributed by atoms with Gasteiger partial charge in [-0.05, 0) is 11.6 Å². The highest BCUT2D eigenvalue weighted by atomic mass is 35.5. The van der Waals surface area contributed by atoms with E-state index in [1.165, 1.54) is 0 Å². The first-order valence-corrected chi connectivity index (χ1v) is 10.3. The summed E-state index contributed by atoms with van der Waals surface area (Å²) < 4.78 is 17.1. The van der Waals surface area contributed by atoms with Crippen LogP contribution >= 0.6 is 11.6 Å². The Hall–Kier alpha value is -2.26. The second-order valence-corrected chi connectivity index (χ2v) is 8.57. The Morgan fingerprint density at radius 2 is 1.93 bits per heavy atom. The van der Waals surface area contributed by atoms with Crippen molar-refractivity contribution in [3.05, 3.63) is 47.0 Å². The summed E-state index contributed by atoms with van der Waals surface area (Å²) in [7, 11) is 4.13. The number of halogens is 1. The zero-order valence-electron chi connectivity index (χ0n) is 16.6. The molecule has 0 radical (unpaired) electrons. The van der Waals surface area contributed by atoms with E-state index in [-0.39, 0.29) is 30.3 Å². The van der Waals surface area contributed by atoms with Gasteiger partial charge in [0.2, 0.25) is 0 Å². The first kappa shape index (κ1) is 19.7. The van der Waals surface area contributed by atoms with Crippen LogP contribution in [0.4, 0.5) is 5.82 Å². The molecule has 3 aromatic rings. The van der Waals surface area contributed by atoms with E-state index in [4.69, 9.17) is 25.8 Å². The summed E-state index contributed by atoms with van der Waals surface area (Å²) in [6.45, 7) is 0.578. The Morgan fingerprint density at radius 3 is 2.73 bits per heavy atom. The molecule has 11 heteroatoms. The van der Waals surface area contributed by atoms with Crippen LogP contribution in [0, 0.1) is 0 Å². The SMILES string of the molecule is BC(B)(Nc1nc2nc(O[C@@H]3CO[C@H]4[C@@H]3OC[C@H]4O)[nH]c2cc1Cl)c1ccccc1. The van der Waals surface area contributed by atoms with Crippen molar-refractivity contribution < 1.29 is 19.3 Å². The molecule has 0 amide bonds. The number of benzene rings is 1. The highest BCUT2D eigenvalue weighted by Gasteiger charge is 2.48. The summed E-state index contributed by atoms with van der Waals surface area (Å²) in [5, 5.41) is 13.4. The van der Waals surface area contributed by atoms with E-state index in [0.29, 0.717) is 34.6 Å². The molecule has 8 nitrogen and oxygen atoms in total. The fourth-order valence-electron chi connectivity index (χ4n) is 3.95. The Labute approximate surface area is 180 Å². The molecule has 30 heavy (non-hydrogen) atoms. The van der Waals surface area contributed by atoms with Crippen molar-refractivity contribution in [2.75, 3.05) is 18.5 Å².